The molecule has 0 spiro atoms. The van der Waals surface area contributed by atoms with Crippen LogP contribution in [0.1, 0.15) is 27.5 Å². The Hall–Kier alpha value is -1.99. The maximum absolute atomic E-state index is 12.7. The molecule has 1 amide bonds. The number of hydrogen-bond acceptors (Lipinski definition) is 5. The highest BCUT2D eigenvalue weighted by Crippen LogP contribution is 2.13. The molecule has 24 heavy (non-hydrogen) atoms. The second kappa shape index (κ2) is 7.27. The second-order valence-electron chi connectivity index (χ2n) is 6.12. The molecule has 1 aliphatic rings. The van der Waals surface area contributed by atoms with Crippen LogP contribution in [0.3, 0.4) is 0 Å². The summed E-state index contributed by atoms with van der Waals surface area (Å²) in [5.41, 5.74) is 1.11. The molecule has 0 aliphatic carbocycles. The van der Waals surface area contributed by atoms with Gasteiger partial charge in [0.05, 0.1) is 10.7 Å². The predicted octanol–water partition coefficient (Wildman–Crippen LogP) is 1.50. The Kier molecular flexibility index (Phi) is 5.11. The molecule has 7 heteroatoms. The average molecular weight is 346 g/mol. The van der Waals surface area contributed by atoms with Gasteiger partial charge < -0.3 is 9.47 Å². The van der Waals surface area contributed by atoms with Crippen molar-refractivity contribution in [3.63, 3.8) is 0 Å². The molecule has 128 valence electrons. The quantitative estimate of drug-likeness (QED) is 0.845. The summed E-state index contributed by atoms with van der Waals surface area (Å²) in [6.07, 6.45) is 2.57. The second-order valence-corrected chi connectivity index (χ2v) is 7.18. The van der Waals surface area contributed by atoms with Crippen molar-refractivity contribution in [2.75, 3.05) is 26.2 Å². The van der Waals surface area contributed by atoms with E-state index in [1.165, 1.54) is 4.57 Å². The molecule has 0 bridgehead atoms. The first-order chi connectivity index (χ1) is 11.5. The highest BCUT2D eigenvalue weighted by molar-refractivity contribution is 7.09. The van der Waals surface area contributed by atoms with Crippen molar-refractivity contribution in [1.29, 1.82) is 0 Å². The molecular formula is C17H22N4O2S. The van der Waals surface area contributed by atoms with Crippen molar-refractivity contribution in [3.05, 3.63) is 50.3 Å². The highest BCUT2D eigenvalue weighted by atomic mass is 32.1. The maximum atomic E-state index is 12.7. The first kappa shape index (κ1) is 16.9. The molecule has 1 aliphatic heterocycles. The van der Waals surface area contributed by atoms with Gasteiger partial charge >= 0.3 is 0 Å². The number of carbonyl (C=O) groups excluding carboxylic acids is 1. The van der Waals surface area contributed by atoms with E-state index >= 15 is 0 Å². The first-order valence-electron chi connectivity index (χ1n) is 8.13. The zero-order valence-corrected chi connectivity index (χ0v) is 14.9. The van der Waals surface area contributed by atoms with Crippen LogP contribution in [0.5, 0.6) is 0 Å². The van der Waals surface area contributed by atoms with E-state index in [-0.39, 0.29) is 17.0 Å². The fourth-order valence-corrected chi connectivity index (χ4v) is 3.58. The number of rotatable bonds is 3. The molecule has 6 nitrogen and oxygen atoms in total. The number of carbonyl (C=O) groups is 1. The fraction of sp³-hybridized carbons (Fsp3) is 0.471. The van der Waals surface area contributed by atoms with E-state index in [0.29, 0.717) is 13.1 Å². The zero-order chi connectivity index (χ0) is 17.1. The van der Waals surface area contributed by atoms with Crippen LogP contribution in [0, 0.1) is 6.92 Å². The van der Waals surface area contributed by atoms with Crippen molar-refractivity contribution in [2.24, 2.45) is 7.05 Å². The minimum atomic E-state index is -0.235. The van der Waals surface area contributed by atoms with E-state index in [1.807, 2.05) is 6.92 Å². The Bertz CT molecular complexity index is 783. The third-order valence-corrected chi connectivity index (χ3v) is 5.10. The van der Waals surface area contributed by atoms with Crippen LogP contribution in [0.15, 0.2) is 28.5 Å². The van der Waals surface area contributed by atoms with Crippen LogP contribution in [0.25, 0.3) is 0 Å². The molecule has 0 unspecified atom stereocenters. The Morgan fingerprint density at radius 2 is 2.12 bits per heavy atom. The summed E-state index contributed by atoms with van der Waals surface area (Å²) in [6, 6.07) is 3.36. The molecule has 2 aromatic rings. The summed E-state index contributed by atoms with van der Waals surface area (Å²) in [6.45, 7) is 5.89. The van der Waals surface area contributed by atoms with Gasteiger partial charge in [0.25, 0.3) is 11.5 Å². The van der Waals surface area contributed by atoms with Gasteiger partial charge in [0, 0.05) is 51.3 Å². The van der Waals surface area contributed by atoms with Crippen molar-refractivity contribution >= 4 is 17.2 Å². The predicted molar refractivity (Wildman–Crippen MR) is 94.3 cm³/mol. The monoisotopic (exact) mass is 346 g/mol. The lowest BCUT2D eigenvalue weighted by Gasteiger charge is -2.21. The van der Waals surface area contributed by atoms with Gasteiger partial charge in [0.1, 0.15) is 5.56 Å². The Balaban J connectivity index is 1.65. The van der Waals surface area contributed by atoms with Gasteiger partial charge in [-0.25, -0.2) is 4.98 Å². The van der Waals surface area contributed by atoms with E-state index < -0.39 is 0 Å². The number of amides is 1. The van der Waals surface area contributed by atoms with Crippen molar-refractivity contribution < 1.29 is 4.79 Å². The summed E-state index contributed by atoms with van der Waals surface area (Å²) >= 11 is 1.66. The van der Waals surface area contributed by atoms with Gasteiger partial charge in [-0.3, -0.25) is 14.5 Å². The Morgan fingerprint density at radius 1 is 1.29 bits per heavy atom. The molecule has 0 aromatic carbocycles. The number of hydrogen-bond donors (Lipinski definition) is 0. The van der Waals surface area contributed by atoms with Crippen LogP contribution >= 0.6 is 11.3 Å². The van der Waals surface area contributed by atoms with Crippen LogP contribution in [0.4, 0.5) is 0 Å². The average Bonchev–Trinajstić information content (AvgIpc) is 2.82. The lowest BCUT2D eigenvalue weighted by Crippen LogP contribution is -2.38. The molecule has 1 fully saturated rings. The highest BCUT2D eigenvalue weighted by Gasteiger charge is 2.22. The zero-order valence-electron chi connectivity index (χ0n) is 14.1. The SMILES string of the molecule is Cc1nc(CN2CCCN(C(=O)c3cccn(C)c3=O)CC2)cs1. The molecule has 0 radical (unpaired) electrons. The molecule has 3 heterocycles. The normalized spacial score (nSPS) is 16.2. The van der Waals surface area contributed by atoms with E-state index in [0.717, 1.165) is 36.8 Å². The summed E-state index contributed by atoms with van der Waals surface area (Å²) < 4.78 is 1.45. The van der Waals surface area contributed by atoms with Crippen molar-refractivity contribution in [2.45, 2.75) is 19.9 Å². The molecule has 1 saturated heterocycles. The van der Waals surface area contributed by atoms with Crippen molar-refractivity contribution in [3.8, 4) is 0 Å². The van der Waals surface area contributed by atoms with E-state index in [1.54, 1.807) is 41.6 Å². The molecule has 2 aromatic heterocycles. The third-order valence-electron chi connectivity index (χ3n) is 4.28. The largest absolute Gasteiger partial charge is 0.337 e. The van der Waals surface area contributed by atoms with Gasteiger partial charge in [-0.15, -0.1) is 11.3 Å². The molecule has 0 saturated carbocycles. The molecular weight excluding hydrogens is 324 g/mol. The lowest BCUT2D eigenvalue weighted by molar-refractivity contribution is 0.0758. The van der Waals surface area contributed by atoms with E-state index in [4.69, 9.17) is 0 Å². The minimum Gasteiger partial charge on any atom is -0.337 e. The van der Waals surface area contributed by atoms with Gasteiger partial charge in [0.2, 0.25) is 0 Å². The summed E-state index contributed by atoms with van der Waals surface area (Å²) in [5.74, 6) is -0.164. The number of nitrogens with zero attached hydrogens (tertiary/aromatic N) is 4. The number of aromatic nitrogens is 2. The Labute approximate surface area is 145 Å². The summed E-state index contributed by atoms with van der Waals surface area (Å²) in [7, 11) is 1.67. The molecule has 0 N–H and O–H groups in total. The van der Waals surface area contributed by atoms with Crippen LogP contribution < -0.4 is 5.56 Å². The topological polar surface area (TPSA) is 58.4 Å². The van der Waals surface area contributed by atoms with Crippen molar-refractivity contribution in [1.82, 2.24) is 19.4 Å². The molecule has 0 atom stereocenters. The number of thiazole rings is 1. The van der Waals surface area contributed by atoms with Gasteiger partial charge in [0.15, 0.2) is 0 Å². The number of pyridine rings is 1. The van der Waals surface area contributed by atoms with E-state index in [9.17, 15) is 9.59 Å². The smallest absolute Gasteiger partial charge is 0.263 e. The van der Waals surface area contributed by atoms with Gasteiger partial charge in [-0.05, 0) is 25.5 Å². The third kappa shape index (κ3) is 3.73. The fourth-order valence-electron chi connectivity index (χ4n) is 2.97. The van der Waals surface area contributed by atoms with Gasteiger partial charge in [-0.2, -0.15) is 0 Å². The minimum absolute atomic E-state index is 0.164. The van der Waals surface area contributed by atoms with Crippen LogP contribution in [-0.2, 0) is 13.6 Å². The summed E-state index contributed by atoms with van der Waals surface area (Å²) in [4.78, 5) is 33.5. The number of aryl methyl sites for hydroxylation is 2. The Morgan fingerprint density at radius 3 is 2.88 bits per heavy atom. The maximum Gasteiger partial charge on any atom is 0.263 e. The van der Waals surface area contributed by atoms with Crippen LogP contribution in [-0.4, -0.2) is 51.4 Å². The van der Waals surface area contributed by atoms with Gasteiger partial charge in [-0.1, -0.05) is 0 Å². The van der Waals surface area contributed by atoms with E-state index in [2.05, 4.69) is 15.3 Å². The first-order valence-corrected chi connectivity index (χ1v) is 9.01. The van der Waals surface area contributed by atoms with Crippen LogP contribution in [0.2, 0.25) is 0 Å². The standard InChI is InChI=1S/C17H22N4O2S/c1-13-18-14(12-24-13)11-20-7-4-8-21(10-9-20)17(23)15-5-3-6-19(2)16(15)22/h3,5-6,12H,4,7-11H2,1-2H3. The summed E-state index contributed by atoms with van der Waals surface area (Å²) in [5, 5.41) is 3.17. The lowest BCUT2D eigenvalue weighted by atomic mass is 10.2. The molecule has 3 rings (SSSR count).